The summed E-state index contributed by atoms with van der Waals surface area (Å²) in [5, 5.41) is 0.256. The molecule has 0 aliphatic rings. The van der Waals surface area contributed by atoms with Crippen LogP contribution in [0.25, 0.3) is 0 Å². The van der Waals surface area contributed by atoms with Gasteiger partial charge >= 0.3 is 5.97 Å². The molecule has 0 unspecified atom stereocenters. The number of carbonyl (C=O) groups is 1. The number of hydrogen-bond acceptors (Lipinski definition) is 3. The predicted octanol–water partition coefficient (Wildman–Crippen LogP) is 3.02. The zero-order chi connectivity index (χ0) is 12.8. The molecule has 0 spiro atoms. The molecule has 3 nitrogen and oxygen atoms in total. The Morgan fingerprint density at radius 2 is 2.29 bits per heavy atom. The highest BCUT2D eigenvalue weighted by Crippen LogP contribution is 2.24. The van der Waals surface area contributed by atoms with Gasteiger partial charge in [-0.2, -0.15) is 0 Å². The molecule has 0 amide bonds. The van der Waals surface area contributed by atoms with E-state index in [0.717, 1.165) is 0 Å². The third-order valence-corrected chi connectivity index (χ3v) is 2.61. The maximum absolute atomic E-state index is 12.7. The molecular formula is C11H12BrF2NO2. The average molecular weight is 308 g/mol. The van der Waals surface area contributed by atoms with Crippen molar-refractivity contribution in [3.05, 3.63) is 29.1 Å². The van der Waals surface area contributed by atoms with E-state index in [0.29, 0.717) is 5.56 Å². The third-order valence-electron chi connectivity index (χ3n) is 2.08. The zero-order valence-electron chi connectivity index (χ0n) is 9.25. The number of ether oxygens (including phenoxy) is 1. The monoisotopic (exact) mass is 307 g/mol. The molecule has 0 aliphatic carbocycles. The number of esters is 1. The van der Waals surface area contributed by atoms with Crippen LogP contribution in [0.3, 0.4) is 0 Å². The van der Waals surface area contributed by atoms with Crippen LogP contribution in [0.4, 0.5) is 8.78 Å². The number of carbonyl (C=O) groups excluding carboxylic acids is 1. The summed E-state index contributed by atoms with van der Waals surface area (Å²) in [4.78, 5) is 15.1. The number of aromatic nitrogens is 1. The number of hydrogen-bond donors (Lipinski definition) is 0. The highest BCUT2D eigenvalue weighted by Gasteiger charge is 2.15. The summed E-state index contributed by atoms with van der Waals surface area (Å²) in [6, 6.07) is 1.30. The summed E-state index contributed by atoms with van der Waals surface area (Å²) < 4.78 is 30.1. The summed E-state index contributed by atoms with van der Waals surface area (Å²) in [6.07, 6.45) is -1.22. The molecule has 0 bridgehead atoms. The van der Waals surface area contributed by atoms with E-state index in [2.05, 4.69) is 20.9 Å². The quantitative estimate of drug-likeness (QED) is 0.620. The van der Waals surface area contributed by atoms with Crippen molar-refractivity contribution < 1.29 is 18.3 Å². The fourth-order valence-electron chi connectivity index (χ4n) is 1.33. The molecule has 0 N–H and O–H groups in total. The topological polar surface area (TPSA) is 39.2 Å². The minimum atomic E-state index is -2.60. The minimum absolute atomic E-state index is 0.0386. The van der Waals surface area contributed by atoms with Crippen LogP contribution in [0.5, 0.6) is 0 Å². The molecule has 94 valence electrons. The van der Waals surface area contributed by atoms with Crippen molar-refractivity contribution >= 4 is 21.9 Å². The van der Waals surface area contributed by atoms with Crippen molar-refractivity contribution in [2.75, 3.05) is 6.61 Å². The van der Waals surface area contributed by atoms with E-state index in [9.17, 15) is 13.6 Å². The number of pyridine rings is 1. The summed E-state index contributed by atoms with van der Waals surface area (Å²) in [7, 11) is 0. The molecule has 0 saturated heterocycles. The molecule has 1 aromatic heterocycles. The standard InChI is InChI=1S/C11H12BrF2NO2/c1-2-17-10(16)4-7-3-8(11(13)14)9(5-12)15-6-7/h3,6,11H,2,4-5H2,1H3. The summed E-state index contributed by atoms with van der Waals surface area (Å²) in [5.74, 6) is -0.443. The van der Waals surface area contributed by atoms with Gasteiger partial charge in [-0.15, -0.1) is 0 Å². The molecule has 0 fully saturated rings. The summed E-state index contributed by atoms with van der Waals surface area (Å²) in [6.45, 7) is 1.96. The van der Waals surface area contributed by atoms with E-state index in [-0.39, 0.29) is 29.6 Å². The predicted molar refractivity (Wildman–Crippen MR) is 62.2 cm³/mol. The van der Waals surface area contributed by atoms with Crippen LogP contribution < -0.4 is 0 Å². The first-order valence-corrected chi connectivity index (χ1v) is 6.18. The van der Waals surface area contributed by atoms with Crippen molar-refractivity contribution in [2.45, 2.75) is 25.1 Å². The molecular weight excluding hydrogens is 296 g/mol. The Hall–Kier alpha value is -1.04. The number of nitrogens with zero attached hydrogens (tertiary/aromatic N) is 1. The van der Waals surface area contributed by atoms with Crippen molar-refractivity contribution in [1.29, 1.82) is 0 Å². The molecule has 0 aromatic carbocycles. The Bertz CT molecular complexity index is 399. The largest absolute Gasteiger partial charge is 0.466 e. The molecule has 17 heavy (non-hydrogen) atoms. The number of alkyl halides is 3. The third kappa shape index (κ3) is 4.03. The van der Waals surface area contributed by atoms with Gasteiger partial charge < -0.3 is 4.74 Å². The lowest BCUT2D eigenvalue weighted by molar-refractivity contribution is -0.142. The summed E-state index contributed by atoms with van der Waals surface area (Å²) in [5.41, 5.74) is 0.569. The SMILES string of the molecule is CCOC(=O)Cc1cnc(CBr)c(C(F)F)c1. The van der Waals surface area contributed by atoms with E-state index in [4.69, 9.17) is 4.74 Å². The first-order chi connectivity index (χ1) is 8.08. The molecule has 0 aliphatic heterocycles. The Labute approximate surface area is 106 Å². The van der Waals surface area contributed by atoms with Gasteiger partial charge in [-0.05, 0) is 18.6 Å². The lowest BCUT2D eigenvalue weighted by atomic mass is 10.1. The normalized spacial score (nSPS) is 10.6. The van der Waals surface area contributed by atoms with Crippen molar-refractivity contribution in [3.63, 3.8) is 0 Å². The highest BCUT2D eigenvalue weighted by molar-refractivity contribution is 9.08. The number of rotatable bonds is 5. The minimum Gasteiger partial charge on any atom is -0.466 e. The number of halogens is 3. The van der Waals surface area contributed by atoms with E-state index < -0.39 is 12.4 Å². The van der Waals surface area contributed by atoms with Gasteiger partial charge in [0.1, 0.15) is 0 Å². The van der Waals surface area contributed by atoms with Gasteiger partial charge in [0.25, 0.3) is 6.43 Å². The second kappa shape index (κ2) is 6.64. The van der Waals surface area contributed by atoms with Crippen molar-refractivity contribution in [2.24, 2.45) is 0 Å². The Balaban J connectivity index is 2.88. The van der Waals surface area contributed by atoms with E-state index in [1.54, 1.807) is 6.92 Å². The van der Waals surface area contributed by atoms with E-state index in [1.807, 2.05) is 0 Å². The molecule has 0 radical (unpaired) electrons. The maximum Gasteiger partial charge on any atom is 0.310 e. The molecule has 0 atom stereocenters. The van der Waals surface area contributed by atoms with Crippen LogP contribution in [-0.4, -0.2) is 17.6 Å². The molecule has 1 aromatic rings. The Morgan fingerprint density at radius 1 is 1.59 bits per heavy atom. The first-order valence-electron chi connectivity index (χ1n) is 5.05. The lowest BCUT2D eigenvalue weighted by Gasteiger charge is -2.08. The maximum atomic E-state index is 12.7. The zero-order valence-corrected chi connectivity index (χ0v) is 10.8. The van der Waals surface area contributed by atoms with Crippen LogP contribution in [0.2, 0.25) is 0 Å². The Morgan fingerprint density at radius 3 is 2.82 bits per heavy atom. The van der Waals surface area contributed by atoms with Gasteiger partial charge in [0.2, 0.25) is 0 Å². The van der Waals surface area contributed by atoms with Gasteiger partial charge in [0, 0.05) is 17.1 Å². The van der Waals surface area contributed by atoms with E-state index >= 15 is 0 Å². The second-order valence-electron chi connectivity index (χ2n) is 3.30. The van der Waals surface area contributed by atoms with Crippen molar-refractivity contribution in [3.8, 4) is 0 Å². The molecule has 6 heteroatoms. The molecule has 0 saturated carbocycles. The van der Waals surface area contributed by atoms with Crippen LogP contribution >= 0.6 is 15.9 Å². The second-order valence-corrected chi connectivity index (χ2v) is 3.86. The molecule has 1 rings (SSSR count). The fourth-order valence-corrected chi connectivity index (χ4v) is 1.80. The fraction of sp³-hybridized carbons (Fsp3) is 0.455. The van der Waals surface area contributed by atoms with Crippen LogP contribution in [0.1, 0.15) is 30.2 Å². The van der Waals surface area contributed by atoms with E-state index in [1.165, 1.54) is 12.3 Å². The Kier molecular flexibility index (Phi) is 5.47. The smallest absolute Gasteiger partial charge is 0.310 e. The first kappa shape index (κ1) is 14.0. The van der Waals surface area contributed by atoms with Gasteiger partial charge in [0.05, 0.1) is 18.7 Å². The highest BCUT2D eigenvalue weighted by atomic mass is 79.9. The van der Waals surface area contributed by atoms with Gasteiger partial charge in [-0.1, -0.05) is 15.9 Å². The summed E-state index contributed by atoms with van der Waals surface area (Å²) >= 11 is 3.09. The van der Waals surface area contributed by atoms with Crippen LogP contribution in [-0.2, 0) is 21.3 Å². The van der Waals surface area contributed by atoms with Crippen LogP contribution in [0, 0.1) is 0 Å². The average Bonchev–Trinajstić information content (AvgIpc) is 2.29. The van der Waals surface area contributed by atoms with Crippen molar-refractivity contribution in [1.82, 2.24) is 4.98 Å². The van der Waals surface area contributed by atoms with Gasteiger partial charge in [-0.25, -0.2) is 8.78 Å². The van der Waals surface area contributed by atoms with Gasteiger partial charge in [0.15, 0.2) is 0 Å². The van der Waals surface area contributed by atoms with Crippen LogP contribution in [0.15, 0.2) is 12.3 Å². The van der Waals surface area contributed by atoms with Gasteiger partial charge in [-0.3, -0.25) is 9.78 Å². The molecule has 1 heterocycles. The lowest BCUT2D eigenvalue weighted by Crippen LogP contribution is -2.09.